The van der Waals surface area contributed by atoms with Crippen molar-refractivity contribution < 1.29 is 27.9 Å². The van der Waals surface area contributed by atoms with Gasteiger partial charge >= 0.3 is 5.97 Å². The van der Waals surface area contributed by atoms with Crippen molar-refractivity contribution in [1.29, 1.82) is 0 Å². The van der Waals surface area contributed by atoms with E-state index in [4.69, 9.17) is 10.5 Å². The number of fused-ring (bicyclic) bond motifs is 1. The van der Waals surface area contributed by atoms with Gasteiger partial charge in [-0.15, -0.1) is 0 Å². The third kappa shape index (κ3) is 4.92. The van der Waals surface area contributed by atoms with Gasteiger partial charge in [0, 0.05) is 6.54 Å². The predicted octanol–water partition coefficient (Wildman–Crippen LogP) is 3.20. The van der Waals surface area contributed by atoms with Gasteiger partial charge in [0.2, 0.25) is 10.0 Å². The Balaban J connectivity index is 1.66. The second kappa shape index (κ2) is 10.5. The molecule has 190 valence electrons. The molecule has 1 fully saturated rings. The third-order valence-corrected chi connectivity index (χ3v) is 8.63. The van der Waals surface area contributed by atoms with Gasteiger partial charge in [0.25, 0.3) is 0 Å². The topological polar surface area (TPSA) is 127 Å². The largest absolute Gasteiger partial charge is 0.480 e. The van der Waals surface area contributed by atoms with Gasteiger partial charge in [-0.25, -0.2) is 13.2 Å². The summed E-state index contributed by atoms with van der Waals surface area (Å²) in [7, 11) is -4.34. The number of nitrogens with two attached hydrogens (primary N) is 1. The molecule has 1 heterocycles. The lowest BCUT2D eigenvalue weighted by Gasteiger charge is -2.44. The second-order valence-corrected chi connectivity index (χ2v) is 11.2. The maximum Gasteiger partial charge on any atom is 0.332 e. The molecular formula is C27H30N2O6S. The van der Waals surface area contributed by atoms with Crippen LogP contribution >= 0.6 is 0 Å². The maximum absolute atomic E-state index is 13.8. The van der Waals surface area contributed by atoms with Crippen molar-refractivity contribution >= 4 is 32.5 Å². The summed E-state index contributed by atoms with van der Waals surface area (Å²) in [5, 5.41) is 11.9. The molecule has 0 bridgehead atoms. The van der Waals surface area contributed by atoms with Gasteiger partial charge in [0.05, 0.1) is 24.2 Å². The van der Waals surface area contributed by atoms with E-state index in [1.807, 2.05) is 49.4 Å². The number of carboxylic acids is 1. The normalized spacial score (nSPS) is 21.8. The van der Waals surface area contributed by atoms with E-state index in [1.165, 1.54) is 12.1 Å². The average Bonchev–Trinajstić information content (AvgIpc) is 2.88. The molecule has 1 aliphatic heterocycles. The van der Waals surface area contributed by atoms with Gasteiger partial charge in [0.15, 0.2) is 11.3 Å². The van der Waals surface area contributed by atoms with Crippen LogP contribution in [0, 0.1) is 5.92 Å². The maximum atomic E-state index is 13.8. The molecule has 0 aliphatic carbocycles. The van der Waals surface area contributed by atoms with Crippen LogP contribution in [0.4, 0.5) is 0 Å². The molecule has 36 heavy (non-hydrogen) atoms. The van der Waals surface area contributed by atoms with Gasteiger partial charge in [-0.2, -0.15) is 4.31 Å². The van der Waals surface area contributed by atoms with E-state index in [-0.39, 0.29) is 37.0 Å². The zero-order valence-electron chi connectivity index (χ0n) is 20.0. The van der Waals surface area contributed by atoms with Crippen molar-refractivity contribution in [2.75, 3.05) is 13.2 Å². The number of hydrogen-bond donors (Lipinski definition) is 2. The molecule has 8 nitrogen and oxygen atoms in total. The summed E-state index contributed by atoms with van der Waals surface area (Å²) in [4.78, 5) is 26.3. The summed E-state index contributed by atoms with van der Waals surface area (Å²) in [5.41, 5.74) is 4.69. The zero-order valence-corrected chi connectivity index (χ0v) is 20.9. The summed E-state index contributed by atoms with van der Waals surface area (Å²) >= 11 is 0. The number of piperidine rings is 1. The molecular weight excluding hydrogens is 480 g/mol. The monoisotopic (exact) mass is 510 g/mol. The Hall–Kier alpha value is -3.11. The second-order valence-electron chi connectivity index (χ2n) is 9.32. The van der Waals surface area contributed by atoms with Crippen LogP contribution in [0.2, 0.25) is 0 Å². The number of rotatable bonds is 9. The molecule has 3 aromatic carbocycles. The third-order valence-electron chi connectivity index (χ3n) is 6.71. The molecule has 0 saturated carbocycles. The number of hydrogen-bond acceptors (Lipinski definition) is 6. The average molecular weight is 511 g/mol. The molecule has 3 atom stereocenters. The minimum atomic E-state index is -4.34. The Kier molecular flexibility index (Phi) is 7.56. The molecule has 3 aromatic rings. The van der Waals surface area contributed by atoms with Crippen LogP contribution in [-0.4, -0.2) is 54.3 Å². The summed E-state index contributed by atoms with van der Waals surface area (Å²) in [5.74, 6) is -2.59. The first kappa shape index (κ1) is 26.0. The van der Waals surface area contributed by atoms with Crippen LogP contribution in [0.5, 0.6) is 0 Å². The number of carboxylic acid groups (broad SMARTS) is 1. The minimum Gasteiger partial charge on any atom is -0.480 e. The van der Waals surface area contributed by atoms with Crippen molar-refractivity contribution in [2.24, 2.45) is 11.7 Å². The number of aliphatic carboxylic acids is 1. The lowest BCUT2D eigenvalue weighted by Crippen LogP contribution is -2.68. The van der Waals surface area contributed by atoms with E-state index < -0.39 is 33.4 Å². The number of sulfonamides is 1. The zero-order chi connectivity index (χ0) is 25.9. The summed E-state index contributed by atoms with van der Waals surface area (Å²) in [6, 6.07) is 19.8. The lowest BCUT2D eigenvalue weighted by molar-refractivity contribution is -0.158. The Bertz CT molecular complexity index is 1360. The molecule has 4 rings (SSSR count). The molecule has 3 N–H and O–H groups in total. The van der Waals surface area contributed by atoms with Crippen molar-refractivity contribution in [2.45, 2.75) is 42.8 Å². The number of ether oxygens (including phenoxy) is 1. The number of carbonyl (C=O) groups is 2. The molecule has 0 spiro atoms. The van der Waals surface area contributed by atoms with Crippen LogP contribution in [0.3, 0.4) is 0 Å². The van der Waals surface area contributed by atoms with Crippen LogP contribution in [0.25, 0.3) is 10.8 Å². The highest BCUT2D eigenvalue weighted by molar-refractivity contribution is 7.89. The molecule has 1 saturated heterocycles. The van der Waals surface area contributed by atoms with Gasteiger partial charge in [-0.3, -0.25) is 4.79 Å². The van der Waals surface area contributed by atoms with Crippen molar-refractivity contribution in [3.05, 3.63) is 78.4 Å². The van der Waals surface area contributed by atoms with E-state index in [2.05, 4.69) is 0 Å². The first-order valence-electron chi connectivity index (χ1n) is 11.8. The van der Waals surface area contributed by atoms with Crippen LogP contribution in [0.1, 0.15) is 25.3 Å². The predicted molar refractivity (Wildman–Crippen MR) is 136 cm³/mol. The summed E-state index contributed by atoms with van der Waals surface area (Å²) < 4.78 is 34.1. The van der Waals surface area contributed by atoms with Gasteiger partial charge < -0.3 is 15.6 Å². The van der Waals surface area contributed by atoms with Crippen LogP contribution in [-0.2, 0) is 31.0 Å². The number of ketones is 1. The number of Topliss-reactive ketones (excluding diaryl/α,β-unsaturated/α-hetero) is 1. The molecule has 0 radical (unpaired) electrons. The van der Waals surface area contributed by atoms with Gasteiger partial charge in [-0.05, 0) is 47.2 Å². The molecule has 0 unspecified atom stereocenters. The quantitative estimate of drug-likeness (QED) is 0.423. The number of nitrogens with zero attached hydrogens (tertiary/aromatic N) is 1. The van der Waals surface area contributed by atoms with Crippen LogP contribution < -0.4 is 5.73 Å². The first-order chi connectivity index (χ1) is 17.2. The van der Waals surface area contributed by atoms with Gasteiger partial charge in [-0.1, -0.05) is 67.6 Å². The molecule has 0 aromatic heterocycles. The highest BCUT2D eigenvalue weighted by Gasteiger charge is 2.59. The van der Waals surface area contributed by atoms with E-state index in [0.29, 0.717) is 11.8 Å². The fourth-order valence-corrected chi connectivity index (χ4v) is 6.57. The standard InChI is InChI=1S/C27H30N2O6S/c1-19-13-14-29(36(33,34)23-12-11-21-9-5-6-10-22(21)15-23)27(16-19,26(31)32)25(30)24(28)18-35-17-20-7-3-2-4-8-20/h2-12,15,19,24H,13-14,16-18,28H2,1H3,(H,31,32)/t19-,24-,27+/m0/s1. The SMILES string of the molecule is C[C@H]1CCN(S(=O)(=O)c2ccc3ccccc3c2)[C@@](C(=O)O)(C(=O)[C@@H](N)COCc2ccccc2)C1. The molecule has 0 amide bonds. The van der Waals surface area contributed by atoms with E-state index in [1.54, 1.807) is 18.2 Å². The van der Waals surface area contributed by atoms with E-state index in [9.17, 15) is 23.1 Å². The molecule has 9 heteroatoms. The first-order valence-corrected chi connectivity index (χ1v) is 13.3. The Labute approximate surface area is 210 Å². The highest BCUT2D eigenvalue weighted by Crippen LogP contribution is 2.38. The van der Waals surface area contributed by atoms with Crippen molar-refractivity contribution in [3.8, 4) is 0 Å². The van der Waals surface area contributed by atoms with E-state index >= 15 is 0 Å². The Morgan fingerprint density at radius 1 is 1.08 bits per heavy atom. The number of benzene rings is 3. The fraction of sp³-hybridized carbons (Fsp3) is 0.333. The fourth-order valence-electron chi connectivity index (χ4n) is 4.80. The Morgan fingerprint density at radius 3 is 2.44 bits per heavy atom. The highest BCUT2D eigenvalue weighted by atomic mass is 32.2. The summed E-state index contributed by atoms with van der Waals surface area (Å²) in [6.45, 7) is 1.66. The smallest absolute Gasteiger partial charge is 0.332 e. The van der Waals surface area contributed by atoms with Crippen LogP contribution in [0.15, 0.2) is 77.7 Å². The van der Waals surface area contributed by atoms with Crippen molar-refractivity contribution in [1.82, 2.24) is 4.31 Å². The molecule has 1 aliphatic rings. The number of carbonyl (C=O) groups excluding carboxylic acids is 1. The van der Waals surface area contributed by atoms with Gasteiger partial charge in [0.1, 0.15) is 0 Å². The van der Waals surface area contributed by atoms with E-state index in [0.717, 1.165) is 15.3 Å². The minimum absolute atomic E-state index is 0.0666. The van der Waals surface area contributed by atoms with Crippen molar-refractivity contribution in [3.63, 3.8) is 0 Å². The summed E-state index contributed by atoms with van der Waals surface area (Å²) in [6.07, 6.45) is 0.259. The Morgan fingerprint density at radius 2 is 1.75 bits per heavy atom. The lowest BCUT2D eigenvalue weighted by atomic mass is 9.77.